The molecule has 1 saturated heterocycles. The fourth-order valence-electron chi connectivity index (χ4n) is 1.93. The topological polar surface area (TPSA) is 70.7 Å². The third-order valence-corrected chi connectivity index (χ3v) is 3.03. The van der Waals surface area contributed by atoms with Gasteiger partial charge in [0.1, 0.15) is 6.04 Å². The number of nitrogens with one attached hydrogen (secondary N) is 2. The highest BCUT2D eigenvalue weighted by Crippen LogP contribution is 2.19. The van der Waals surface area contributed by atoms with Gasteiger partial charge in [0.2, 0.25) is 5.91 Å². The summed E-state index contributed by atoms with van der Waals surface area (Å²) >= 11 is 0. The summed E-state index contributed by atoms with van der Waals surface area (Å²) in [5, 5.41) is 5.74. The first kappa shape index (κ1) is 13.1. The Morgan fingerprint density at radius 1 is 1.33 bits per heavy atom. The highest BCUT2D eigenvalue weighted by Gasteiger charge is 2.35. The Bertz CT molecular complexity index is 305. The Hall–Kier alpha value is -1.30. The largest absolute Gasteiger partial charge is 0.377 e. The van der Waals surface area contributed by atoms with Crippen LogP contribution >= 0.6 is 0 Å². The van der Waals surface area contributed by atoms with Crippen molar-refractivity contribution < 1.29 is 14.3 Å². The molecule has 2 N–H and O–H groups in total. The van der Waals surface area contributed by atoms with Crippen molar-refractivity contribution in [1.82, 2.24) is 15.5 Å². The van der Waals surface area contributed by atoms with Crippen LogP contribution in [0, 0.1) is 0 Å². The molecule has 1 saturated carbocycles. The van der Waals surface area contributed by atoms with E-state index < -0.39 is 6.04 Å². The van der Waals surface area contributed by atoms with Gasteiger partial charge in [0.05, 0.1) is 13.2 Å². The van der Waals surface area contributed by atoms with Gasteiger partial charge in [-0.2, -0.15) is 0 Å². The average molecular weight is 255 g/mol. The number of carbonyl (C=O) groups is 2. The van der Waals surface area contributed by atoms with Crippen LogP contribution in [0.3, 0.4) is 0 Å². The molecule has 1 aliphatic carbocycles. The minimum atomic E-state index is -0.514. The summed E-state index contributed by atoms with van der Waals surface area (Å²) in [7, 11) is 0. The van der Waals surface area contributed by atoms with Gasteiger partial charge in [-0.15, -0.1) is 0 Å². The zero-order chi connectivity index (χ0) is 13.1. The molecule has 2 aliphatic rings. The van der Waals surface area contributed by atoms with Crippen LogP contribution in [0.1, 0.15) is 26.7 Å². The van der Waals surface area contributed by atoms with Crippen LogP contribution in [0.2, 0.25) is 0 Å². The molecule has 6 nitrogen and oxygen atoms in total. The third-order valence-electron chi connectivity index (χ3n) is 3.03. The number of hydrogen-bond donors (Lipinski definition) is 2. The lowest BCUT2D eigenvalue weighted by Gasteiger charge is -2.34. The van der Waals surface area contributed by atoms with Gasteiger partial charge in [0.25, 0.3) is 0 Å². The van der Waals surface area contributed by atoms with E-state index in [1.165, 1.54) is 0 Å². The smallest absolute Gasteiger partial charge is 0.318 e. The van der Waals surface area contributed by atoms with E-state index in [4.69, 9.17) is 4.74 Å². The molecule has 1 unspecified atom stereocenters. The number of urea groups is 1. The van der Waals surface area contributed by atoms with Gasteiger partial charge in [-0.25, -0.2) is 4.79 Å². The Morgan fingerprint density at radius 2 is 2.06 bits per heavy atom. The number of carbonyl (C=O) groups excluding carboxylic acids is 2. The highest BCUT2D eigenvalue weighted by molar-refractivity contribution is 5.87. The molecule has 3 amide bonds. The summed E-state index contributed by atoms with van der Waals surface area (Å²) < 4.78 is 5.30. The predicted octanol–water partition coefficient (Wildman–Crippen LogP) is 0.0838. The second-order valence-corrected chi connectivity index (χ2v) is 5.17. The Kier molecular flexibility index (Phi) is 4.06. The molecule has 0 aromatic carbocycles. The van der Waals surface area contributed by atoms with E-state index in [-0.39, 0.29) is 24.6 Å². The van der Waals surface area contributed by atoms with Crippen LogP contribution in [0.25, 0.3) is 0 Å². The summed E-state index contributed by atoms with van der Waals surface area (Å²) in [6, 6.07) is -0.300. The molecule has 102 valence electrons. The zero-order valence-corrected chi connectivity index (χ0v) is 10.9. The lowest BCUT2D eigenvalue weighted by molar-refractivity contribution is -0.130. The molecule has 1 atom stereocenters. The van der Waals surface area contributed by atoms with Gasteiger partial charge >= 0.3 is 6.03 Å². The van der Waals surface area contributed by atoms with E-state index in [0.29, 0.717) is 19.2 Å². The van der Waals surface area contributed by atoms with E-state index in [0.717, 1.165) is 12.8 Å². The Balaban J connectivity index is 1.95. The summed E-state index contributed by atoms with van der Waals surface area (Å²) in [6.45, 7) is 5.03. The summed E-state index contributed by atoms with van der Waals surface area (Å²) in [5.41, 5.74) is 0. The van der Waals surface area contributed by atoms with Crippen molar-refractivity contribution >= 4 is 11.9 Å². The fraction of sp³-hybridized carbons (Fsp3) is 0.833. The molecule has 0 aromatic heterocycles. The lowest BCUT2D eigenvalue weighted by atomic mass is 10.2. The Morgan fingerprint density at radius 3 is 2.67 bits per heavy atom. The maximum atomic E-state index is 12.0. The number of ether oxygens (including phenoxy) is 1. The summed E-state index contributed by atoms with van der Waals surface area (Å²) in [5.74, 6) is -0.143. The first-order valence-corrected chi connectivity index (χ1v) is 6.53. The number of rotatable bonds is 3. The van der Waals surface area contributed by atoms with Crippen molar-refractivity contribution in [3.8, 4) is 0 Å². The molecule has 1 aliphatic heterocycles. The number of hydrogen-bond acceptors (Lipinski definition) is 3. The van der Waals surface area contributed by atoms with E-state index >= 15 is 0 Å². The quantitative estimate of drug-likeness (QED) is 0.750. The molecule has 6 heteroatoms. The minimum absolute atomic E-state index is 0.0627. The maximum absolute atomic E-state index is 12.0. The Labute approximate surface area is 107 Å². The van der Waals surface area contributed by atoms with Crippen molar-refractivity contribution in [1.29, 1.82) is 0 Å². The second-order valence-electron chi connectivity index (χ2n) is 5.17. The van der Waals surface area contributed by atoms with Crippen LogP contribution in [0.15, 0.2) is 0 Å². The van der Waals surface area contributed by atoms with Gasteiger partial charge < -0.3 is 20.3 Å². The number of amides is 3. The molecule has 0 spiro atoms. The molecular weight excluding hydrogens is 234 g/mol. The normalized spacial score (nSPS) is 23.9. The third kappa shape index (κ3) is 3.35. The molecule has 18 heavy (non-hydrogen) atoms. The molecule has 0 bridgehead atoms. The summed E-state index contributed by atoms with van der Waals surface area (Å²) in [4.78, 5) is 25.6. The zero-order valence-electron chi connectivity index (χ0n) is 10.9. The fourth-order valence-corrected chi connectivity index (χ4v) is 1.93. The van der Waals surface area contributed by atoms with E-state index in [1.807, 2.05) is 13.8 Å². The van der Waals surface area contributed by atoms with Crippen LogP contribution in [0.4, 0.5) is 4.79 Å². The van der Waals surface area contributed by atoms with Gasteiger partial charge in [-0.3, -0.25) is 4.79 Å². The lowest BCUT2D eigenvalue weighted by Crippen LogP contribution is -2.59. The first-order chi connectivity index (χ1) is 8.58. The van der Waals surface area contributed by atoms with Crippen LogP contribution in [0.5, 0.6) is 0 Å². The summed E-state index contributed by atoms with van der Waals surface area (Å²) in [6.07, 6.45) is 2.08. The average Bonchev–Trinajstić information content (AvgIpc) is 3.12. The monoisotopic (exact) mass is 255 g/mol. The van der Waals surface area contributed by atoms with Gasteiger partial charge in [-0.05, 0) is 26.7 Å². The van der Waals surface area contributed by atoms with Crippen LogP contribution in [-0.4, -0.2) is 54.7 Å². The molecule has 0 radical (unpaired) electrons. The van der Waals surface area contributed by atoms with E-state index in [9.17, 15) is 9.59 Å². The molecule has 0 aromatic rings. The molecular formula is C12H21N3O3. The van der Waals surface area contributed by atoms with Crippen molar-refractivity contribution in [2.75, 3.05) is 19.8 Å². The minimum Gasteiger partial charge on any atom is -0.377 e. The van der Waals surface area contributed by atoms with Crippen molar-refractivity contribution in [2.45, 2.75) is 44.8 Å². The van der Waals surface area contributed by atoms with E-state index in [1.54, 1.807) is 4.90 Å². The van der Waals surface area contributed by atoms with Crippen molar-refractivity contribution in [3.05, 3.63) is 0 Å². The van der Waals surface area contributed by atoms with Crippen LogP contribution in [-0.2, 0) is 9.53 Å². The number of nitrogens with zero attached hydrogens (tertiary/aromatic N) is 1. The second kappa shape index (κ2) is 5.56. The molecule has 2 rings (SSSR count). The van der Waals surface area contributed by atoms with Gasteiger partial charge in [0.15, 0.2) is 0 Å². The van der Waals surface area contributed by atoms with Crippen molar-refractivity contribution in [2.24, 2.45) is 0 Å². The number of morpholine rings is 1. The molecule has 1 heterocycles. The van der Waals surface area contributed by atoms with Crippen molar-refractivity contribution in [3.63, 3.8) is 0 Å². The van der Waals surface area contributed by atoms with Crippen LogP contribution < -0.4 is 10.6 Å². The molecule has 2 fully saturated rings. The highest BCUT2D eigenvalue weighted by atomic mass is 16.5. The SMILES string of the molecule is CC(C)NC(=O)C1COCCN1C(=O)NC1CC1. The van der Waals surface area contributed by atoms with E-state index in [2.05, 4.69) is 10.6 Å². The standard InChI is InChI=1S/C12H21N3O3/c1-8(2)13-11(16)10-7-18-6-5-15(10)12(17)14-9-3-4-9/h8-10H,3-7H2,1-2H3,(H,13,16)(H,14,17). The van der Waals surface area contributed by atoms with Gasteiger partial charge in [-0.1, -0.05) is 0 Å². The maximum Gasteiger partial charge on any atom is 0.318 e. The predicted molar refractivity (Wildman–Crippen MR) is 66.1 cm³/mol. The van der Waals surface area contributed by atoms with Gasteiger partial charge in [0, 0.05) is 18.6 Å². The first-order valence-electron chi connectivity index (χ1n) is 6.53.